The molecule has 148 valence electrons. The predicted octanol–water partition coefficient (Wildman–Crippen LogP) is 4.71. The van der Waals surface area contributed by atoms with Gasteiger partial charge in [0.05, 0.1) is 24.8 Å². The Bertz CT molecular complexity index is 1080. The Balaban J connectivity index is 1.91. The molecule has 0 aliphatic heterocycles. The second-order valence-electron chi connectivity index (χ2n) is 6.39. The fraction of sp³-hybridized carbons (Fsp3) is 0.286. The van der Waals surface area contributed by atoms with E-state index in [4.69, 9.17) is 21.1 Å². The van der Waals surface area contributed by atoms with Gasteiger partial charge in [-0.25, -0.2) is 0 Å². The number of fused-ring (bicyclic) bond motifs is 1. The standard InChI is InChI=1S/C21H18ClN3O3S/c1-27-17-9-12(8-16(22)19(17)28-2)7-13(10-23)20(26)25-21-15(11-24)14-5-3-4-6-18(14)29-21/h7-9H,3-6H2,1-2H3,(H,25,26)/b13-7+. The van der Waals surface area contributed by atoms with Gasteiger partial charge in [-0.2, -0.15) is 10.5 Å². The number of rotatable bonds is 5. The van der Waals surface area contributed by atoms with Crippen LogP contribution in [0.1, 0.15) is 34.4 Å². The third-order valence-corrected chi connectivity index (χ3v) is 6.13. The highest BCUT2D eigenvalue weighted by atomic mass is 35.5. The van der Waals surface area contributed by atoms with E-state index in [1.807, 2.05) is 6.07 Å². The van der Waals surface area contributed by atoms with Crippen molar-refractivity contribution >= 4 is 39.9 Å². The number of halogens is 1. The average molecular weight is 428 g/mol. The zero-order valence-corrected chi connectivity index (χ0v) is 17.5. The van der Waals surface area contributed by atoms with Crippen LogP contribution in [-0.4, -0.2) is 20.1 Å². The van der Waals surface area contributed by atoms with Crippen molar-refractivity contribution in [1.29, 1.82) is 10.5 Å². The first kappa shape index (κ1) is 20.7. The normalized spacial score (nSPS) is 13.1. The highest BCUT2D eigenvalue weighted by Gasteiger charge is 2.23. The number of ether oxygens (including phenoxy) is 2. The highest BCUT2D eigenvalue weighted by Crippen LogP contribution is 2.38. The van der Waals surface area contributed by atoms with E-state index in [-0.39, 0.29) is 5.57 Å². The van der Waals surface area contributed by atoms with Crippen LogP contribution in [0, 0.1) is 22.7 Å². The molecule has 0 unspecified atom stereocenters. The fourth-order valence-corrected chi connectivity index (χ4v) is 4.81. The Morgan fingerprint density at radius 2 is 2.00 bits per heavy atom. The summed E-state index contributed by atoms with van der Waals surface area (Å²) in [6.07, 6.45) is 5.29. The number of carbonyl (C=O) groups excluding carboxylic acids is 1. The van der Waals surface area contributed by atoms with Gasteiger partial charge in [-0.1, -0.05) is 11.6 Å². The lowest BCUT2D eigenvalue weighted by Crippen LogP contribution is -2.13. The Kier molecular flexibility index (Phi) is 6.43. The van der Waals surface area contributed by atoms with Gasteiger partial charge in [-0.15, -0.1) is 11.3 Å². The topological polar surface area (TPSA) is 95.1 Å². The molecule has 0 fully saturated rings. The number of anilines is 1. The van der Waals surface area contributed by atoms with E-state index in [9.17, 15) is 15.3 Å². The van der Waals surface area contributed by atoms with Crippen molar-refractivity contribution in [3.05, 3.63) is 44.3 Å². The molecule has 8 heteroatoms. The summed E-state index contributed by atoms with van der Waals surface area (Å²) >= 11 is 7.61. The van der Waals surface area contributed by atoms with Crippen molar-refractivity contribution in [1.82, 2.24) is 0 Å². The van der Waals surface area contributed by atoms with Gasteiger partial charge in [-0.05, 0) is 55.0 Å². The van der Waals surface area contributed by atoms with Crippen LogP contribution in [0.15, 0.2) is 17.7 Å². The molecule has 1 heterocycles. The van der Waals surface area contributed by atoms with Crippen molar-refractivity contribution in [2.45, 2.75) is 25.7 Å². The van der Waals surface area contributed by atoms with Crippen molar-refractivity contribution in [2.75, 3.05) is 19.5 Å². The van der Waals surface area contributed by atoms with Crippen LogP contribution in [0.25, 0.3) is 6.08 Å². The van der Waals surface area contributed by atoms with Gasteiger partial charge in [0.1, 0.15) is 22.7 Å². The summed E-state index contributed by atoms with van der Waals surface area (Å²) in [5.41, 5.74) is 1.94. The number of thiophene rings is 1. The smallest absolute Gasteiger partial charge is 0.266 e. The number of hydrogen-bond donors (Lipinski definition) is 1. The maximum absolute atomic E-state index is 12.7. The number of carbonyl (C=O) groups is 1. The van der Waals surface area contributed by atoms with Gasteiger partial charge in [0.15, 0.2) is 11.5 Å². The summed E-state index contributed by atoms with van der Waals surface area (Å²) in [7, 11) is 2.95. The monoisotopic (exact) mass is 427 g/mol. The second-order valence-corrected chi connectivity index (χ2v) is 7.90. The summed E-state index contributed by atoms with van der Waals surface area (Å²) in [4.78, 5) is 13.8. The fourth-order valence-electron chi connectivity index (χ4n) is 3.28. The molecule has 1 N–H and O–H groups in total. The third kappa shape index (κ3) is 4.22. The first-order valence-corrected chi connectivity index (χ1v) is 10.1. The van der Waals surface area contributed by atoms with Gasteiger partial charge >= 0.3 is 0 Å². The molecule has 1 aliphatic carbocycles. The minimum Gasteiger partial charge on any atom is -0.493 e. The number of nitrogens with zero attached hydrogens (tertiary/aromatic N) is 2. The van der Waals surface area contributed by atoms with Gasteiger partial charge in [0, 0.05) is 4.88 Å². The lowest BCUT2D eigenvalue weighted by Gasteiger charge is -2.10. The first-order valence-electron chi connectivity index (χ1n) is 8.91. The van der Waals surface area contributed by atoms with Crippen molar-refractivity contribution in [3.63, 3.8) is 0 Å². The molecule has 1 aromatic heterocycles. The summed E-state index contributed by atoms with van der Waals surface area (Å²) in [6.45, 7) is 0. The maximum atomic E-state index is 12.7. The van der Waals surface area contributed by atoms with Crippen LogP contribution in [0.2, 0.25) is 5.02 Å². The van der Waals surface area contributed by atoms with Gasteiger partial charge in [0.25, 0.3) is 5.91 Å². The molecule has 3 rings (SSSR count). The van der Waals surface area contributed by atoms with Crippen LogP contribution < -0.4 is 14.8 Å². The summed E-state index contributed by atoms with van der Waals surface area (Å²) in [5, 5.41) is 22.6. The van der Waals surface area contributed by atoms with E-state index in [0.29, 0.717) is 32.6 Å². The molecule has 1 aliphatic rings. The van der Waals surface area contributed by atoms with Crippen LogP contribution in [0.3, 0.4) is 0 Å². The Hall–Kier alpha value is -3.00. The summed E-state index contributed by atoms with van der Waals surface area (Å²) in [5.74, 6) is 0.187. The average Bonchev–Trinajstić information content (AvgIpc) is 3.08. The van der Waals surface area contributed by atoms with E-state index in [1.165, 1.54) is 31.6 Å². The molecule has 0 saturated heterocycles. The second kappa shape index (κ2) is 9.00. The zero-order chi connectivity index (χ0) is 21.0. The molecule has 0 atom stereocenters. The van der Waals surface area contributed by atoms with Gasteiger partial charge in [-0.3, -0.25) is 4.79 Å². The molecule has 1 amide bonds. The molecule has 0 saturated carbocycles. The van der Waals surface area contributed by atoms with Crippen molar-refractivity contribution in [3.8, 4) is 23.6 Å². The Morgan fingerprint density at radius 3 is 2.66 bits per heavy atom. The quantitative estimate of drug-likeness (QED) is 0.550. The van der Waals surface area contributed by atoms with Crippen molar-refractivity contribution < 1.29 is 14.3 Å². The van der Waals surface area contributed by atoms with Crippen LogP contribution in [0.4, 0.5) is 5.00 Å². The molecule has 29 heavy (non-hydrogen) atoms. The predicted molar refractivity (Wildman–Crippen MR) is 112 cm³/mol. The highest BCUT2D eigenvalue weighted by molar-refractivity contribution is 7.16. The molecular weight excluding hydrogens is 410 g/mol. The number of benzene rings is 1. The zero-order valence-electron chi connectivity index (χ0n) is 16.0. The first-order chi connectivity index (χ1) is 14.0. The molecule has 0 spiro atoms. The molecule has 2 aromatic rings. The minimum atomic E-state index is -0.575. The molecule has 0 bridgehead atoms. The SMILES string of the molecule is COc1cc(/C=C(\C#N)C(=O)Nc2sc3c(c2C#N)CCCC3)cc(Cl)c1OC. The van der Waals surface area contributed by atoms with Crippen LogP contribution >= 0.6 is 22.9 Å². The van der Waals surface area contributed by atoms with Gasteiger partial charge in [0.2, 0.25) is 0 Å². The lowest BCUT2D eigenvalue weighted by atomic mass is 9.96. The van der Waals surface area contributed by atoms with E-state index in [1.54, 1.807) is 12.1 Å². The largest absolute Gasteiger partial charge is 0.493 e. The molecule has 1 aromatic carbocycles. The van der Waals surface area contributed by atoms with Crippen molar-refractivity contribution in [2.24, 2.45) is 0 Å². The minimum absolute atomic E-state index is 0.108. The van der Waals surface area contributed by atoms with E-state index in [2.05, 4.69) is 11.4 Å². The van der Waals surface area contributed by atoms with Gasteiger partial charge < -0.3 is 14.8 Å². The summed E-state index contributed by atoms with van der Waals surface area (Å²) < 4.78 is 10.4. The lowest BCUT2D eigenvalue weighted by molar-refractivity contribution is -0.112. The Morgan fingerprint density at radius 1 is 1.24 bits per heavy atom. The van der Waals surface area contributed by atoms with Crippen LogP contribution in [0.5, 0.6) is 11.5 Å². The molecule has 6 nitrogen and oxygen atoms in total. The number of nitrogens with one attached hydrogen (secondary N) is 1. The maximum Gasteiger partial charge on any atom is 0.266 e. The number of methoxy groups -OCH3 is 2. The Labute approximate surface area is 177 Å². The number of hydrogen-bond acceptors (Lipinski definition) is 6. The number of amides is 1. The van der Waals surface area contributed by atoms with Crippen LogP contribution in [-0.2, 0) is 17.6 Å². The molecular formula is C21H18ClN3O3S. The van der Waals surface area contributed by atoms with E-state index in [0.717, 1.165) is 36.1 Å². The number of nitriles is 2. The number of aryl methyl sites for hydroxylation is 1. The summed E-state index contributed by atoms with van der Waals surface area (Å²) in [6, 6.07) is 7.31. The van der Waals surface area contributed by atoms with E-state index < -0.39 is 5.91 Å². The molecule has 0 radical (unpaired) electrons. The van der Waals surface area contributed by atoms with E-state index >= 15 is 0 Å². The third-order valence-electron chi connectivity index (χ3n) is 4.64.